The molecule has 1 aromatic rings. The summed E-state index contributed by atoms with van der Waals surface area (Å²) in [7, 11) is -3.15. The molecule has 1 rings (SSSR count). The van der Waals surface area contributed by atoms with Gasteiger partial charge in [0.1, 0.15) is 15.7 Å². The first-order chi connectivity index (χ1) is 8.69. The Kier molecular flexibility index (Phi) is 5.64. The lowest BCUT2D eigenvalue weighted by Gasteiger charge is -2.10. The molecule has 0 radical (unpaired) electrons. The topological polar surface area (TPSA) is 77.2 Å². The Labute approximate surface area is 120 Å². The molecular formula is C12H15BrFNO3S. The smallest absolute Gasteiger partial charge is 0.154 e. The molecule has 0 aliphatic heterocycles. The number of carbonyl (C=O) groups excluding carboxylic acids is 1. The number of sulfone groups is 1. The van der Waals surface area contributed by atoms with Crippen LogP contribution in [0.25, 0.3) is 0 Å². The fraction of sp³-hybridized carbons (Fsp3) is 0.417. The summed E-state index contributed by atoms with van der Waals surface area (Å²) in [6.45, 7) is 0. The first kappa shape index (κ1) is 16.3. The maximum atomic E-state index is 13.5. The van der Waals surface area contributed by atoms with Gasteiger partial charge >= 0.3 is 0 Å². The monoisotopic (exact) mass is 351 g/mol. The van der Waals surface area contributed by atoms with Crippen LogP contribution in [-0.2, 0) is 21.1 Å². The first-order valence-electron chi connectivity index (χ1n) is 5.59. The summed E-state index contributed by atoms with van der Waals surface area (Å²) in [6, 6.07) is 3.51. The fourth-order valence-electron chi connectivity index (χ4n) is 1.49. The van der Waals surface area contributed by atoms with E-state index in [0.717, 1.165) is 6.26 Å². The summed E-state index contributed by atoms with van der Waals surface area (Å²) in [5.41, 5.74) is 5.86. The van der Waals surface area contributed by atoms with Crippen LogP contribution in [0.4, 0.5) is 4.39 Å². The molecule has 0 spiro atoms. The van der Waals surface area contributed by atoms with Crippen LogP contribution in [0.2, 0.25) is 0 Å². The second kappa shape index (κ2) is 6.58. The van der Waals surface area contributed by atoms with Gasteiger partial charge in [-0.1, -0.05) is 22.0 Å². The van der Waals surface area contributed by atoms with Crippen LogP contribution in [0.3, 0.4) is 0 Å². The quantitative estimate of drug-likeness (QED) is 0.841. The lowest BCUT2D eigenvalue weighted by Crippen LogP contribution is -2.33. The predicted octanol–water partition coefficient (Wildman–Crippen LogP) is 1.46. The average Bonchev–Trinajstić information content (AvgIpc) is 2.28. The third-order valence-corrected chi connectivity index (χ3v) is 4.06. The molecule has 0 heterocycles. The van der Waals surface area contributed by atoms with Crippen LogP contribution in [0.1, 0.15) is 12.0 Å². The van der Waals surface area contributed by atoms with E-state index >= 15 is 0 Å². The van der Waals surface area contributed by atoms with Gasteiger partial charge in [0.2, 0.25) is 0 Å². The number of carbonyl (C=O) groups is 1. The standard InChI is InChI=1S/C12H15BrFNO3S/c1-19(17,18)5-4-11(15)12(16)6-8-2-3-9(13)7-10(8)14/h2-3,7,11H,4-6,15H2,1H3. The molecule has 0 amide bonds. The Morgan fingerprint density at radius 3 is 2.63 bits per heavy atom. The van der Waals surface area contributed by atoms with Gasteiger partial charge in [-0.3, -0.25) is 4.79 Å². The summed E-state index contributed by atoms with van der Waals surface area (Å²) >= 11 is 3.12. The van der Waals surface area contributed by atoms with E-state index in [9.17, 15) is 17.6 Å². The number of hydrogen-bond acceptors (Lipinski definition) is 4. The molecule has 1 aromatic carbocycles. The maximum Gasteiger partial charge on any atom is 0.154 e. The number of hydrogen-bond donors (Lipinski definition) is 1. The minimum absolute atomic E-state index is 0.0514. The molecule has 0 bridgehead atoms. The van der Waals surface area contributed by atoms with Gasteiger partial charge in [0.05, 0.1) is 11.8 Å². The van der Waals surface area contributed by atoms with Crippen molar-refractivity contribution in [3.05, 3.63) is 34.1 Å². The van der Waals surface area contributed by atoms with E-state index in [1.807, 2.05) is 0 Å². The largest absolute Gasteiger partial charge is 0.321 e. The van der Waals surface area contributed by atoms with Gasteiger partial charge in [-0.2, -0.15) is 0 Å². The van der Waals surface area contributed by atoms with E-state index in [1.54, 1.807) is 6.07 Å². The maximum absolute atomic E-state index is 13.5. The second-order valence-electron chi connectivity index (χ2n) is 4.40. The molecule has 1 atom stereocenters. The van der Waals surface area contributed by atoms with Crippen molar-refractivity contribution in [3.8, 4) is 0 Å². The number of ketones is 1. The molecule has 4 nitrogen and oxygen atoms in total. The summed E-state index contributed by atoms with van der Waals surface area (Å²) < 4.78 is 36.1. The van der Waals surface area contributed by atoms with Gasteiger partial charge in [0.25, 0.3) is 0 Å². The van der Waals surface area contributed by atoms with Gasteiger partial charge < -0.3 is 5.73 Å². The summed E-state index contributed by atoms with van der Waals surface area (Å²) in [4.78, 5) is 11.8. The molecule has 19 heavy (non-hydrogen) atoms. The van der Waals surface area contributed by atoms with Crippen molar-refractivity contribution in [3.63, 3.8) is 0 Å². The normalized spacial score (nSPS) is 13.3. The number of benzene rings is 1. The summed E-state index contributed by atoms with van der Waals surface area (Å²) in [5.74, 6) is -1.01. The van der Waals surface area contributed by atoms with E-state index in [1.165, 1.54) is 12.1 Å². The molecule has 1 unspecified atom stereocenters. The van der Waals surface area contributed by atoms with Crippen molar-refractivity contribution in [2.45, 2.75) is 18.9 Å². The predicted molar refractivity (Wildman–Crippen MR) is 75.1 cm³/mol. The second-order valence-corrected chi connectivity index (χ2v) is 7.58. The average molecular weight is 352 g/mol. The Hall–Kier alpha value is -0.790. The Balaban J connectivity index is 2.64. The minimum Gasteiger partial charge on any atom is -0.321 e. The molecule has 0 aromatic heterocycles. The highest BCUT2D eigenvalue weighted by atomic mass is 79.9. The fourth-order valence-corrected chi connectivity index (χ4v) is 2.50. The van der Waals surface area contributed by atoms with Gasteiger partial charge in [-0.15, -0.1) is 0 Å². The number of halogens is 2. The molecule has 0 aliphatic rings. The third-order valence-electron chi connectivity index (χ3n) is 2.59. The molecule has 2 N–H and O–H groups in total. The van der Waals surface area contributed by atoms with Gasteiger partial charge in [-0.05, 0) is 24.1 Å². The van der Waals surface area contributed by atoms with Gasteiger partial charge in [0.15, 0.2) is 5.78 Å². The van der Waals surface area contributed by atoms with Crippen LogP contribution in [0, 0.1) is 5.82 Å². The molecule has 7 heteroatoms. The van der Waals surface area contributed by atoms with Gasteiger partial charge in [-0.25, -0.2) is 12.8 Å². The van der Waals surface area contributed by atoms with Crippen molar-refractivity contribution in [1.82, 2.24) is 0 Å². The Morgan fingerprint density at radius 1 is 1.47 bits per heavy atom. The molecular weight excluding hydrogens is 337 g/mol. The third kappa shape index (κ3) is 5.80. The van der Waals surface area contributed by atoms with Crippen molar-refractivity contribution in [1.29, 1.82) is 0 Å². The van der Waals surface area contributed by atoms with Gasteiger partial charge in [0, 0.05) is 17.1 Å². The molecule has 106 valence electrons. The van der Waals surface area contributed by atoms with E-state index in [4.69, 9.17) is 5.73 Å². The van der Waals surface area contributed by atoms with Crippen LogP contribution in [-0.4, -0.2) is 32.3 Å². The highest BCUT2D eigenvalue weighted by molar-refractivity contribution is 9.10. The van der Waals surface area contributed by atoms with Crippen LogP contribution >= 0.6 is 15.9 Å². The number of nitrogens with two attached hydrogens (primary N) is 1. The van der Waals surface area contributed by atoms with Crippen LogP contribution < -0.4 is 5.73 Å². The van der Waals surface area contributed by atoms with Crippen molar-refractivity contribution in [2.75, 3.05) is 12.0 Å². The van der Waals surface area contributed by atoms with Crippen LogP contribution in [0.15, 0.2) is 22.7 Å². The Morgan fingerprint density at radius 2 is 2.11 bits per heavy atom. The highest BCUT2D eigenvalue weighted by Gasteiger charge is 2.17. The van der Waals surface area contributed by atoms with Crippen molar-refractivity contribution in [2.24, 2.45) is 5.73 Å². The molecule has 0 saturated heterocycles. The molecule has 0 aliphatic carbocycles. The molecule has 0 saturated carbocycles. The van der Waals surface area contributed by atoms with E-state index in [0.29, 0.717) is 4.47 Å². The van der Waals surface area contributed by atoms with Crippen molar-refractivity contribution >= 4 is 31.6 Å². The SMILES string of the molecule is CS(=O)(=O)CCC(N)C(=O)Cc1ccc(Br)cc1F. The first-order valence-corrected chi connectivity index (χ1v) is 8.44. The zero-order chi connectivity index (χ0) is 14.6. The zero-order valence-electron chi connectivity index (χ0n) is 10.4. The minimum atomic E-state index is -3.15. The summed E-state index contributed by atoms with van der Waals surface area (Å²) in [6.07, 6.45) is 0.998. The van der Waals surface area contributed by atoms with Crippen LogP contribution in [0.5, 0.6) is 0 Å². The molecule has 0 fully saturated rings. The summed E-state index contributed by atoms with van der Waals surface area (Å²) in [5, 5.41) is 0. The Bertz CT molecular complexity index is 574. The lowest BCUT2D eigenvalue weighted by atomic mass is 10.0. The zero-order valence-corrected chi connectivity index (χ0v) is 12.8. The number of Topliss-reactive ketones (excluding diaryl/α,β-unsaturated/α-hetero) is 1. The highest BCUT2D eigenvalue weighted by Crippen LogP contribution is 2.16. The van der Waals surface area contributed by atoms with E-state index in [2.05, 4.69) is 15.9 Å². The van der Waals surface area contributed by atoms with E-state index < -0.39 is 21.7 Å². The van der Waals surface area contributed by atoms with Crippen molar-refractivity contribution < 1.29 is 17.6 Å². The lowest BCUT2D eigenvalue weighted by molar-refractivity contribution is -0.119. The van der Waals surface area contributed by atoms with E-state index in [-0.39, 0.29) is 29.9 Å². The number of rotatable bonds is 6.